The summed E-state index contributed by atoms with van der Waals surface area (Å²) >= 11 is 0. The summed E-state index contributed by atoms with van der Waals surface area (Å²) < 4.78 is 22.4. The summed E-state index contributed by atoms with van der Waals surface area (Å²) in [4.78, 5) is 0. The predicted octanol–water partition coefficient (Wildman–Crippen LogP) is 4.42. The Bertz CT molecular complexity index is 894. The highest BCUT2D eigenvalue weighted by Gasteiger charge is 2.24. The van der Waals surface area contributed by atoms with Gasteiger partial charge in [0, 0.05) is 12.8 Å². The van der Waals surface area contributed by atoms with Crippen LogP contribution in [0.4, 0.5) is 0 Å². The third kappa shape index (κ3) is 5.21. The fraction of sp³-hybridized carbons (Fsp3) is 0.308. The van der Waals surface area contributed by atoms with Gasteiger partial charge >= 0.3 is 0 Å². The number of hydrogen-bond donors (Lipinski definition) is 0. The molecule has 2 saturated heterocycles. The summed E-state index contributed by atoms with van der Waals surface area (Å²) in [7, 11) is 0. The van der Waals surface area contributed by atoms with Crippen LogP contribution in [0.1, 0.15) is 22.3 Å². The molecule has 0 radical (unpaired) electrons. The normalized spacial score (nSPS) is 19.3. The van der Waals surface area contributed by atoms with Crippen molar-refractivity contribution in [3.05, 3.63) is 95.1 Å². The molecular weight excluding hydrogens is 376 g/mol. The van der Waals surface area contributed by atoms with Crippen molar-refractivity contribution >= 4 is 0 Å². The maximum Gasteiger partial charge on any atom is 0.122 e. The molecule has 5 rings (SSSR count). The summed E-state index contributed by atoms with van der Waals surface area (Å²) in [6.07, 6.45) is 2.23. The number of epoxide rings is 2. The van der Waals surface area contributed by atoms with Gasteiger partial charge in [0.2, 0.25) is 0 Å². The first-order valence-corrected chi connectivity index (χ1v) is 10.6. The van der Waals surface area contributed by atoms with Crippen molar-refractivity contribution in [2.45, 2.75) is 25.0 Å². The monoisotopic (exact) mass is 402 g/mol. The average molecular weight is 402 g/mol. The molecule has 2 unspecified atom stereocenters. The van der Waals surface area contributed by atoms with Gasteiger partial charge in [0.25, 0.3) is 0 Å². The second-order valence-corrected chi connectivity index (χ2v) is 7.92. The lowest BCUT2D eigenvalue weighted by atomic mass is 9.99. The Balaban J connectivity index is 1.23. The molecule has 154 valence electrons. The molecular formula is C26H26O4. The van der Waals surface area contributed by atoms with Gasteiger partial charge in [-0.15, -0.1) is 0 Å². The van der Waals surface area contributed by atoms with Gasteiger partial charge in [-0.1, -0.05) is 60.7 Å². The third-order valence-corrected chi connectivity index (χ3v) is 5.41. The molecule has 0 amide bonds. The van der Waals surface area contributed by atoms with Crippen LogP contribution in [0.25, 0.3) is 0 Å². The van der Waals surface area contributed by atoms with Crippen LogP contribution in [0.5, 0.6) is 11.5 Å². The largest absolute Gasteiger partial charge is 0.490 e. The maximum atomic E-state index is 5.95. The zero-order chi connectivity index (χ0) is 20.2. The van der Waals surface area contributed by atoms with Gasteiger partial charge in [-0.3, -0.25) is 0 Å². The van der Waals surface area contributed by atoms with E-state index in [1.807, 2.05) is 24.3 Å². The van der Waals surface area contributed by atoms with Crippen LogP contribution in [0, 0.1) is 0 Å². The highest BCUT2D eigenvalue weighted by molar-refractivity contribution is 5.40. The second-order valence-electron chi connectivity index (χ2n) is 7.92. The van der Waals surface area contributed by atoms with Crippen LogP contribution in [-0.4, -0.2) is 38.6 Å². The molecule has 0 saturated carbocycles. The van der Waals surface area contributed by atoms with E-state index in [1.165, 1.54) is 22.3 Å². The van der Waals surface area contributed by atoms with E-state index in [1.54, 1.807) is 0 Å². The lowest BCUT2D eigenvalue weighted by Gasteiger charge is -2.12. The molecule has 4 nitrogen and oxygen atoms in total. The van der Waals surface area contributed by atoms with Crippen molar-refractivity contribution in [1.82, 2.24) is 0 Å². The quantitative estimate of drug-likeness (QED) is 0.471. The van der Waals surface area contributed by atoms with Crippen LogP contribution >= 0.6 is 0 Å². The SMILES string of the molecule is c1ccc(OCC2CO2)c(Cc2ccc(Cc3ccccc3OCC3CO3)cc2)c1. The van der Waals surface area contributed by atoms with Crippen molar-refractivity contribution in [3.63, 3.8) is 0 Å². The van der Waals surface area contributed by atoms with Crippen LogP contribution < -0.4 is 9.47 Å². The average Bonchev–Trinajstić information content (AvgIpc) is 3.69. The number of hydrogen-bond acceptors (Lipinski definition) is 4. The fourth-order valence-corrected chi connectivity index (χ4v) is 3.49. The summed E-state index contributed by atoms with van der Waals surface area (Å²) in [5, 5.41) is 0. The maximum absolute atomic E-state index is 5.95. The standard InChI is InChI=1S/C26H26O4/c1-3-7-25(29-17-23-15-27-23)21(5-1)13-19-9-11-20(12-10-19)14-22-6-2-4-8-26(22)30-18-24-16-28-24/h1-12,23-24H,13-18H2. The van der Waals surface area contributed by atoms with Gasteiger partial charge in [0.05, 0.1) is 13.2 Å². The molecule has 2 aliphatic heterocycles. The molecule has 2 fully saturated rings. The van der Waals surface area contributed by atoms with Crippen LogP contribution in [-0.2, 0) is 22.3 Å². The molecule has 0 N–H and O–H groups in total. The van der Waals surface area contributed by atoms with Gasteiger partial charge < -0.3 is 18.9 Å². The van der Waals surface area contributed by atoms with Gasteiger partial charge in [-0.05, 0) is 34.4 Å². The summed E-state index contributed by atoms with van der Waals surface area (Å²) in [5.74, 6) is 1.89. The Morgan fingerprint density at radius 1 is 0.600 bits per heavy atom. The first-order valence-electron chi connectivity index (χ1n) is 10.6. The molecule has 2 aliphatic rings. The van der Waals surface area contributed by atoms with E-state index >= 15 is 0 Å². The van der Waals surface area contributed by atoms with Gasteiger partial charge in [0.15, 0.2) is 0 Å². The Kier molecular flexibility index (Phi) is 5.69. The van der Waals surface area contributed by atoms with Crippen LogP contribution in [0.2, 0.25) is 0 Å². The minimum absolute atomic E-state index is 0.265. The molecule has 30 heavy (non-hydrogen) atoms. The van der Waals surface area contributed by atoms with Gasteiger partial charge in [0.1, 0.15) is 36.9 Å². The summed E-state index contributed by atoms with van der Waals surface area (Å²) in [5.41, 5.74) is 4.94. The van der Waals surface area contributed by atoms with Crippen molar-refractivity contribution in [1.29, 1.82) is 0 Å². The van der Waals surface area contributed by atoms with E-state index in [0.717, 1.165) is 37.6 Å². The Morgan fingerprint density at radius 2 is 1.00 bits per heavy atom. The first kappa shape index (κ1) is 19.2. The topological polar surface area (TPSA) is 43.5 Å². The Hall–Kier alpha value is -2.82. The highest BCUT2D eigenvalue weighted by atomic mass is 16.6. The van der Waals surface area contributed by atoms with Crippen molar-refractivity contribution in [2.75, 3.05) is 26.4 Å². The van der Waals surface area contributed by atoms with E-state index in [9.17, 15) is 0 Å². The number of benzene rings is 3. The molecule has 0 aromatic heterocycles. The van der Waals surface area contributed by atoms with E-state index in [4.69, 9.17) is 18.9 Å². The lowest BCUT2D eigenvalue weighted by Crippen LogP contribution is -2.06. The molecule has 0 bridgehead atoms. The minimum atomic E-state index is 0.265. The summed E-state index contributed by atoms with van der Waals surface area (Å²) in [6, 6.07) is 25.3. The first-order chi connectivity index (χ1) is 14.8. The molecule has 3 aromatic carbocycles. The fourth-order valence-electron chi connectivity index (χ4n) is 3.49. The minimum Gasteiger partial charge on any atom is -0.490 e. The van der Waals surface area contributed by atoms with E-state index < -0.39 is 0 Å². The Labute approximate surface area is 177 Å². The zero-order valence-corrected chi connectivity index (χ0v) is 17.0. The smallest absolute Gasteiger partial charge is 0.122 e. The highest BCUT2D eigenvalue weighted by Crippen LogP contribution is 2.25. The number of rotatable bonds is 10. The van der Waals surface area contributed by atoms with Crippen LogP contribution in [0.15, 0.2) is 72.8 Å². The molecule has 3 aromatic rings. The second kappa shape index (κ2) is 8.90. The number of ether oxygens (including phenoxy) is 4. The molecule has 0 spiro atoms. The van der Waals surface area contributed by atoms with Crippen molar-refractivity contribution in [2.24, 2.45) is 0 Å². The Morgan fingerprint density at radius 3 is 1.40 bits per heavy atom. The van der Waals surface area contributed by atoms with Gasteiger partial charge in [-0.2, -0.15) is 0 Å². The lowest BCUT2D eigenvalue weighted by molar-refractivity contribution is 0.261. The molecule has 4 heteroatoms. The summed E-state index contributed by atoms with van der Waals surface area (Å²) in [6.45, 7) is 2.88. The van der Waals surface area contributed by atoms with E-state index in [-0.39, 0.29) is 12.2 Å². The predicted molar refractivity (Wildman–Crippen MR) is 115 cm³/mol. The zero-order valence-electron chi connectivity index (χ0n) is 17.0. The van der Waals surface area contributed by atoms with Crippen molar-refractivity contribution < 1.29 is 18.9 Å². The third-order valence-electron chi connectivity index (χ3n) is 5.41. The number of para-hydroxylation sites is 2. The van der Waals surface area contributed by atoms with Gasteiger partial charge in [-0.25, -0.2) is 0 Å². The van der Waals surface area contributed by atoms with Crippen molar-refractivity contribution in [3.8, 4) is 11.5 Å². The van der Waals surface area contributed by atoms with E-state index in [0.29, 0.717) is 13.2 Å². The van der Waals surface area contributed by atoms with Crippen LogP contribution in [0.3, 0.4) is 0 Å². The van der Waals surface area contributed by atoms with E-state index in [2.05, 4.69) is 48.5 Å². The molecule has 2 atom stereocenters. The molecule has 0 aliphatic carbocycles. The molecule has 2 heterocycles.